The van der Waals surface area contributed by atoms with Gasteiger partial charge in [0.1, 0.15) is 0 Å². The van der Waals surface area contributed by atoms with Crippen LogP contribution in [0.5, 0.6) is 0 Å². The van der Waals surface area contributed by atoms with Crippen molar-refractivity contribution in [2.24, 2.45) is 0 Å². The average molecular weight is 292 g/mol. The minimum atomic E-state index is 1.06. The molecule has 0 atom stereocenters. The molecule has 1 heterocycles. The lowest BCUT2D eigenvalue weighted by Gasteiger charge is -2.02. The number of nitrogens with zero attached hydrogens (tertiary/aromatic N) is 2. The predicted molar refractivity (Wildman–Crippen MR) is 79.4 cm³/mol. The van der Waals surface area contributed by atoms with Crippen LogP contribution in [0.3, 0.4) is 0 Å². The third-order valence-corrected chi connectivity index (χ3v) is 5.31. The molecule has 0 bridgehead atoms. The summed E-state index contributed by atoms with van der Waals surface area (Å²) in [5.41, 5.74) is 0. The number of aromatic nitrogens is 2. The Labute approximate surface area is 117 Å². The zero-order valence-electron chi connectivity index (χ0n) is 10.6. The van der Waals surface area contributed by atoms with Gasteiger partial charge in [0.05, 0.1) is 0 Å². The number of hydrogen-bond donors (Lipinski definition) is 1. The fourth-order valence-corrected chi connectivity index (χ4v) is 3.76. The van der Waals surface area contributed by atoms with Gasteiger partial charge < -0.3 is 5.32 Å². The summed E-state index contributed by atoms with van der Waals surface area (Å²) in [6.07, 6.45) is 7.36. The molecule has 0 spiro atoms. The smallest absolute Gasteiger partial charge is 0.175 e. The van der Waals surface area contributed by atoms with Gasteiger partial charge in [-0.1, -0.05) is 61.0 Å². The number of nitrogens with one attached hydrogen (secondary N) is 1. The first kappa shape index (κ1) is 15.3. The van der Waals surface area contributed by atoms with Crippen molar-refractivity contribution in [3.05, 3.63) is 0 Å². The molecule has 0 aromatic carbocycles. The van der Waals surface area contributed by atoms with Crippen molar-refractivity contribution in [1.82, 2.24) is 15.5 Å². The van der Waals surface area contributed by atoms with E-state index >= 15 is 0 Å². The van der Waals surface area contributed by atoms with Crippen molar-refractivity contribution in [3.63, 3.8) is 0 Å². The van der Waals surface area contributed by atoms with Crippen LogP contribution < -0.4 is 5.32 Å². The first-order valence-electron chi connectivity index (χ1n) is 6.07. The van der Waals surface area contributed by atoms with E-state index in [-0.39, 0.29) is 0 Å². The van der Waals surface area contributed by atoms with Crippen molar-refractivity contribution in [2.45, 2.75) is 41.3 Å². The second kappa shape index (κ2) is 10.2. The summed E-state index contributed by atoms with van der Waals surface area (Å²) in [6, 6.07) is 0. The summed E-state index contributed by atoms with van der Waals surface area (Å²) in [7, 11) is 0. The van der Waals surface area contributed by atoms with E-state index in [4.69, 9.17) is 0 Å². The molecule has 3 nitrogen and oxygen atoms in total. The quantitative estimate of drug-likeness (QED) is 0.527. The van der Waals surface area contributed by atoms with E-state index in [1.54, 1.807) is 34.9 Å². The van der Waals surface area contributed by atoms with E-state index in [1.807, 2.05) is 6.26 Å². The number of hydrogen-bond acceptors (Lipinski definition) is 6. The van der Waals surface area contributed by atoms with Crippen molar-refractivity contribution in [2.75, 3.05) is 25.1 Å². The third-order valence-electron chi connectivity index (χ3n) is 2.27. The molecule has 0 fully saturated rings. The molecule has 17 heavy (non-hydrogen) atoms. The van der Waals surface area contributed by atoms with Gasteiger partial charge in [-0.05, 0) is 19.2 Å². The van der Waals surface area contributed by atoms with E-state index < -0.39 is 0 Å². The maximum Gasteiger partial charge on any atom is 0.175 e. The van der Waals surface area contributed by atoms with Gasteiger partial charge >= 0.3 is 0 Å². The lowest BCUT2D eigenvalue weighted by Crippen LogP contribution is -2.18. The molecule has 0 unspecified atom stereocenters. The fraction of sp³-hybridized carbons (Fsp3) is 0.818. The topological polar surface area (TPSA) is 37.8 Å². The molecule has 1 aromatic rings. The highest BCUT2D eigenvalue weighted by molar-refractivity contribution is 8.02. The van der Waals surface area contributed by atoms with Crippen LogP contribution in [0.4, 0.5) is 0 Å². The molecule has 6 heteroatoms. The Balaban J connectivity index is 1.93. The average Bonchev–Trinajstić information content (AvgIpc) is 2.80. The summed E-state index contributed by atoms with van der Waals surface area (Å²) < 4.78 is 2.14. The lowest BCUT2D eigenvalue weighted by molar-refractivity contribution is 0.613. The first-order valence-corrected chi connectivity index (χ1v) is 9.10. The van der Waals surface area contributed by atoms with Gasteiger partial charge in [-0.15, -0.1) is 10.2 Å². The van der Waals surface area contributed by atoms with Crippen LogP contribution in [0.2, 0.25) is 0 Å². The van der Waals surface area contributed by atoms with Crippen LogP contribution in [0.15, 0.2) is 8.68 Å². The molecular formula is C11H21N3S3. The Kier molecular flexibility index (Phi) is 9.14. The van der Waals surface area contributed by atoms with Crippen LogP contribution >= 0.6 is 34.9 Å². The molecule has 0 amide bonds. The Hall–Kier alpha value is 0.220. The molecule has 1 aromatic heterocycles. The Morgan fingerprint density at radius 1 is 1.12 bits per heavy atom. The van der Waals surface area contributed by atoms with E-state index in [0.717, 1.165) is 27.5 Å². The second-order valence-electron chi connectivity index (χ2n) is 3.70. The zero-order valence-corrected chi connectivity index (χ0v) is 13.0. The van der Waals surface area contributed by atoms with Crippen molar-refractivity contribution < 1.29 is 0 Å². The lowest BCUT2D eigenvalue weighted by atomic mass is 10.2. The minimum absolute atomic E-state index is 1.06. The van der Waals surface area contributed by atoms with E-state index in [1.165, 1.54) is 25.7 Å². The SMILES string of the molecule is CCCCCCNCCSc1nnc(SC)s1. The highest BCUT2D eigenvalue weighted by Gasteiger charge is 2.02. The molecule has 0 aliphatic heterocycles. The highest BCUT2D eigenvalue weighted by atomic mass is 32.2. The van der Waals surface area contributed by atoms with E-state index in [0.29, 0.717) is 0 Å². The minimum Gasteiger partial charge on any atom is -0.316 e. The van der Waals surface area contributed by atoms with E-state index in [2.05, 4.69) is 22.4 Å². The molecular weight excluding hydrogens is 270 g/mol. The van der Waals surface area contributed by atoms with Crippen LogP contribution in [0.25, 0.3) is 0 Å². The maximum atomic E-state index is 4.13. The van der Waals surface area contributed by atoms with Gasteiger partial charge in [0, 0.05) is 12.3 Å². The molecule has 0 saturated carbocycles. The van der Waals surface area contributed by atoms with Crippen molar-refractivity contribution >= 4 is 34.9 Å². The van der Waals surface area contributed by atoms with Gasteiger partial charge in [0.15, 0.2) is 8.68 Å². The summed E-state index contributed by atoms with van der Waals surface area (Å²) in [4.78, 5) is 0. The van der Waals surface area contributed by atoms with Crippen molar-refractivity contribution in [1.29, 1.82) is 0 Å². The molecule has 1 N–H and O–H groups in total. The number of rotatable bonds is 10. The van der Waals surface area contributed by atoms with Crippen molar-refractivity contribution in [3.8, 4) is 0 Å². The Bertz CT molecular complexity index is 291. The summed E-state index contributed by atoms with van der Waals surface area (Å²) in [6.45, 7) is 4.45. The molecule has 0 aliphatic rings. The second-order valence-corrected chi connectivity index (χ2v) is 7.07. The fourth-order valence-electron chi connectivity index (χ4n) is 1.35. The summed E-state index contributed by atoms with van der Waals surface area (Å²) in [5, 5.41) is 11.7. The molecule has 0 saturated heterocycles. The largest absolute Gasteiger partial charge is 0.316 e. The predicted octanol–water partition coefficient (Wildman–Crippen LogP) is 3.52. The molecule has 98 valence electrons. The molecule has 0 radical (unpaired) electrons. The summed E-state index contributed by atoms with van der Waals surface area (Å²) >= 11 is 5.14. The van der Waals surface area contributed by atoms with Crippen LogP contribution in [0, 0.1) is 0 Å². The van der Waals surface area contributed by atoms with Crippen LogP contribution in [-0.2, 0) is 0 Å². The van der Waals surface area contributed by atoms with Crippen LogP contribution in [0.1, 0.15) is 32.6 Å². The molecule has 0 aliphatic carbocycles. The van der Waals surface area contributed by atoms with Gasteiger partial charge in [0.2, 0.25) is 0 Å². The number of thioether (sulfide) groups is 2. The standard InChI is InChI=1S/C11H21N3S3/c1-3-4-5-6-7-12-8-9-16-11-14-13-10(15-2)17-11/h12H,3-9H2,1-2H3. The molecule has 1 rings (SSSR count). The normalized spacial score (nSPS) is 10.9. The van der Waals surface area contributed by atoms with Gasteiger partial charge in [-0.3, -0.25) is 0 Å². The van der Waals surface area contributed by atoms with Gasteiger partial charge in [-0.25, -0.2) is 0 Å². The Morgan fingerprint density at radius 3 is 2.65 bits per heavy atom. The number of unbranched alkanes of at least 4 members (excludes halogenated alkanes) is 3. The Morgan fingerprint density at radius 2 is 1.94 bits per heavy atom. The highest BCUT2D eigenvalue weighted by Crippen LogP contribution is 2.26. The van der Waals surface area contributed by atoms with Gasteiger partial charge in [-0.2, -0.15) is 0 Å². The first-order chi connectivity index (χ1) is 8.36. The van der Waals surface area contributed by atoms with Crippen LogP contribution in [-0.4, -0.2) is 35.3 Å². The van der Waals surface area contributed by atoms with Gasteiger partial charge in [0.25, 0.3) is 0 Å². The van der Waals surface area contributed by atoms with E-state index in [9.17, 15) is 0 Å². The summed E-state index contributed by atoms with van der Waals surface area (Å²) in [5.74, 6) is 1.08. The maximum absolute atomic E-state index is 4.13. The zero-order chi connectivity index (χ0) is 12.3. The third kappa shape index (κ3) is 7.28. The monoisotopic (exact) mass is 291 g/mol.